The van der Waals surface area contributed by atoms with Gasteiger partial charge in [0.25, 0.3) is 0 Å². The first-order valence-corrected chi connectivity index (χ1v) is 6.20. The summed E-state index contributed by atoms with van der Waals surface area (Å²) in [6.07, 6.45) is 0. The molecule has 4 N–H and O–H groups in total. The third-order valence-electron chi connectivity index (χ3n) is 2.97. The van der Waals surface area contributed by atoms with Crippen molar-refractivity contribution in [3.8, 4) is 11.6 Å². The number of nitrogens with zero attached hydrogens (tertiary/aromatic N) is 1. The molecule has 1 heterocycles. The normalized spacial score (nSPS) is 10.3. The zero-order valence-corrected chi connectivity index (χ0v) is 11.7. The van der Waals surface area contributed by atoms with Crippen LogP contribution in [0.2, 0.25) is 0 Å². The van der Waals surface area contributed by atoms with E-state index in [1.807, 2.05) is 26.8 Å². The van der Waals surface area contributed by atoms with Crippen LogP contribution in [0.4, 0.5) is 5.69 Å². The van der Waals surface area contributed by atoms with Crippen molar-refractivity contribution >= 4 is 11.6 Å². The molecule has 0 saturated heterocycles. The van der Waals surface area contributed by atoms with E-state index in [1.54, 1.807) is 18.2 Å². The Bertz CT molecular complexity index is 658. The number of hydrogen-bond acceptors (Lipinski definition) is 4. The van der Waals surface area contributed by atoms with E-state index in [0.29, 0.717) is 22.9 Å². The summed E-state index contributed by atoms with van der Waals surface area (Å²) < 4.78 is 5.80. The van der Waals surface area contributed by atoms with E-state index in [1.165, 1.54) is 0 Å². The number of nitrogen functional groups attached to an aromatic ring is 1. The lowest BCUT2D eigenvalue weighted by Crippen LogP contribution is -2.11. The molecule has 1 amide bonds. The molecule has 2 aromatic rings. The van der Waals surface area contributed by atoms with Crippen molar-refractivity contribution in [3.05, 3.63) is 46.6 Å². The summed E-state index contributed by atoms with van der Waals surface area (Å²) in [6, 6.07) is 6.95. The summed E-state index contributed by atoms with van der Waals surface area (Å²) in [7, 11) is 0. The lowest BCUT2D eigenvalue weighted by molar-refractivity contribution is 0.1000. The number of carbonyl (C=O) groups is 1. The number of nitrogens with two attached hydrogens (primary N) is 2. The number of hydrogen-bond donors (Lipinski definition) is 2. The van der Waals surface area contributed by atoms with Crippen molar-refractivity contribution in [2.45, 2.75) is 20.8 Å². The minimum atomic E-state index is -0.462. The Morgan fingerprint density at radius 3 is 2.30 bits per heavy atom. The van der Waals surface area contributed by atoms with Crippen molar-refractivity contribution in [2.75, 3.05) is 5.73 Å². The molecule has 1 aromatic heterocycles. The van der Waals surface area contributed by atoms with Crippen molar-refractivity contribution in [2.24, 2.45) is 5.73 Å². The number of rotatable bonds is 3. The SMILES string of the molecule is Cc1ccc(N)c(Oc2c(C)cc(C(N)=O)cc2C)n1. The highest BCUT2D eigenvalue weighted by atomic mass is 16.5. The molecule has 0 aliphatic carbocycles. The Balaban J connectivity index is 2.44. The van der Waals surface area contributed by atoms with E-state index in [9.17, 15) is 4.79 Å². The summed E-state index contributed by atoms with van der Waals surface area (Å²) >= 11 is 0. The van der Waals surface area contributed by atoms with Gasteiger partial charge in [-0.05, 0) is 56.2 Å². The highest BCUT2D eigenvalue weighted by Crippen LogP contribution is 2.31. The molecule has 0 saturated carbocycles. The van der Waals surface area contributed by atoms with Gasteiger partial charge in [-0.2, -0.15) is 0 Å². The molecule has 1 aromatic carbocycles. The minimum Gasteiger partial charge on any atom is -0.437 e. The van der Waals surface area contributed by atoms with E-state index in [4.69, 9.17) is 16.2 Å². The molecule has 0 radical (unpaired) electrons. The van der Waals surface area contributed by atoms with Crippen LogP contribution >= 0.6 is 0 Å². The molecule has 0 bridgehead atoms. The number of primary amides is 1. The molecule has 5 nitrogen and oxygen atoms in total. The van der Waals surface area contributed by atoms with E-state index in [0.717, 1.165) is 16.8 Å². The van der Waals surface area contributed by atoms with Gasteiger partial charge >= 0.3 is 0 Å². The standard InChI is InChI=1S/C15H17N3O2/c1-8-6-11(14(17)19)7-9(2)13(8)20-15-12(16)5-4-10(3)18-15/h4-7H,16H2,1-3H3,(H2,17,19). The van der Waals surface area contributed by atoms with Crippen LogP contribution in [0, 0.1) is 20.8 Å². The van der Waals surface area contributed by atoms with Crippen LogP contribution in [0.3, 0.4) is 0 Å². The number of carbonyl (C=O) groups excluding carboxylic acids is 1. The van der Waals surface area contributed by atoms with Gasteiger partial charge in [-0.3, -0.25) is 4.79 Å². The van der Waals surface area contributed by atoms with Crippen LogP contribution in [-0.4, -0.2) is 10.9 Å². The van der Waals surface area contributed by atoms with Gasteiger partial charge in [0.15, 0.2) is 0 Å². The van der Waals surface area contributed by atoms with Crippen molar-refractivity contribution in [1.29, 1.82) is 0 Å². The largest absolute Gasteiger partial charge is 0.437 e. The smallest absolute Gasteiger partial charge is 0.248 e. The topological polar surface area (TPSA) is 91.2 Å². The van der Waals surface area contributed by atoms with Gasteiger partial charge in [0, 0.05) is 11.3 Å². The summed E-state index contributed by atoms with van der Waals surface area (Å²) in [5, 5.41) is 0. The average molecular weight is 271 g/mol. The third kappa shape index (κ3) is 2.71. The first kappa shape index (κ1) is 13.9. The molecule has 20 heavy (non-hydrogen) atoms. The van der Waals surface area contributed by atoms with Gasteiger partial charge in [-0.25, -0.2) is 4.98 Å². The number of pyridine rings is 1. The molecule has 0 atom stereocenters. The average Bonchev–Trinajstić information content (AvgIpc) is 2.37. The van der Waals surface area contributed by atoms with E-state index < -0.39 is 5.91 Å². The lowest BCUT2D eigenvalue weighted by Gasteiger charge is -2.13. The van der Waals surface area contributed by atoms with E-state index >= 15 is 0 Å². The second-order valence-electron chi connectivity index (χ2n) is 4.75. The van der Waals surface area contributed by atoms with E-state index in [-0.39, 0.29) is 0 Å². The van der Waals surface area contributed by atoms with Crippen molar-refractivity contribution < 1.29 is 9.53 Å². The molecular weight excluding hydrogens is 254 g/mol. The maximum atomic E-state index is 11.2. The van der Waals surface area contributed by atoms with Crippen molar-refractivity contribution in [1.82, 2.24) is 4.98 Å². The van der Waals surface area contributed by atoms with Crippen LogP contribution in [0.1, 0.15) is 27.2 Å². The fourth-order valence-corrected chi connectivity index (χ4v) is 1.98. The first-order chi connectivity index (χ1) is 9.38. The summed E-state index contributed by atoms with van der Waals surface area (Å²) in [4.78, 5) is 15.5. The summed E-state index contributed by atoms with van der Waals surface area (Å²) in [5.74, 6) is 0.541. The van der Waals surface area contributed by atoms with Crippen LogP contribution in [-0.2, 0) is 0 Å². The Morgan fingerprint density at radius 2 is 1.75 bits per heavy atom. The lowest BCUT2D eigenvalue weighted by atomic mass is 10.1. The molecular formula is C15H17N3O2. The van der Waals surface area contributed by atoms with Crippen molar-refractivity contribution in [3.63, 3.8) is 0 Å². The quantitative estimate of drug-likeness (QED) is 0.897. The zero-order chi connectivity index (χ0) is 14.9. The fraction of sp³-hybridized carbons (Fsp3) is 0.200. The maximum absolute atomic E-state index is 11.2. The number of aryl methyl sites for hydroxylation is 3. The molecule has 0 unspecified atom stereocenters. The van der Waals surface area contributed by atoms with Crippen LogP contribution in [0.25, 0.3) is 0 Å². The number of ether oxygens (including phenoxy) is 1. The Labute approximate surface area is 117 Å². The van der Waals surface area contributed by atoms with Crippen LogP contribution in [0.5, 0.6) is 11.6 Å². The van der Waals surface area contributed by atoms with Crippen LogP contribution < -0.4 is 16.2 Å². The van der Waals surface area contributed by atoms with Crippen LogP contribution in [0.15, 0.2) is 24.3 Å². The molecule has 0 aliphatic rings. The highest BCUT2D eigenvalue weighted by molar-refractivity contribution is 5.93. The molecule has 104 valence electrons. The predicted octanol–water partition coefficient (Wildman–Crippen LogP) is 2.48. The first-order valence-electron chi connectivity index (χ1n) is 6.20. The molecule has 0 aliphatic heterocycles. The van der Waals surface area contributed by atoms with Gasteiger partial charge in [0.2, 0.25) is 11.8 Å². The van der Waals surface area contributed by atoms with Gasteiger partial charge in [0.05, 0.1) is 5.69 Å². The number of amides is 1. The molecule has 5 heteroatoms. The van der Waals surface area contributed by atoms with Gasteiger partial charge < -0.3 is 16.2 Å². The number of anilines is 1. The summed E-state index contributed by atoms with van der Waals surface area (Å²) in [5.41, 5.74) is 14.5. The summed E-state index contributed by atoms with van der Waals surface area (Å²) in [6.45, 7) is 5.56. The van der Waals surface area contributed by atoms with Gasteiger partial charge in [-0.15, -0.1) is 0 Å². The Morgan fingerprint density at radius 1 is 1.15 bits per heavy atom. The third-order valence-corrected chi connectivity index (χ3v) is 2.97. The predicted molar refractivity (Wildman–Crippen MR) is 77.9 cm³/mol. The minimum absolute atomic E-state index is 0.364. The highest BCUT2D eigenvalue weighted by Gasteiger charge is 2.12. The monoisotopic (exact) mass is 271 g/mol. The molecule has 0 fully saturated rings. The molecule has 2 rings (SSSR count). The maximum Gasteiger partial charge on any atom is 0.248 e. The number of aromatic nitrogens is 1. The van der Waals surface area contributed by atoms with Gasteiger partial charge in [0.1, 0.15) is 5.75 Å². The molecule has 0 spiro atoms. The second kappa shape index (κ2) is 5.21. The zero-order valence-electron chi connectivity index (χ0n) is 11.7. The van der Waals surface area contributed by atoms with Gasteiger partial charge in [-0.1, -0.05) is 0 Å². The fourth-order valence-electron chi connectivity index (χ4n) is 1.98. The van der Waals surface area contributed by atoms with E-state index in [2.05, 4.69) is 4.98 Å². The Hall–Kier alpha value is -2.56. The Kier molecular flexibility index (Phi) is 3.61. The number of benzene rings is 1. The second-order valence-corrected chi connectivity index (χ2v) is 4.75.